The smallest absolute Gasteiger partial charge is 0.169 e. The van der Waals surface area contributed by atoms with Gasteiger partial charge in [-0.1, -0.05) is 74.7 Å². The first kappa shape index (κ1) is 27.4. The van der Waals surface area contributed by atoms with E-state index in [9.17, 15) is 4.79 Å². The minimum atomic E-state index is -0.250. The van der Waals surface area contributed by atoms with Gasteiger partial charge in [-0.3, -0.25) is 9.89 Å². The molecular weight excluding hydrogens is 505 g/mol. The van der Waals surface area contributed by atoms with Gasteiger partial charge in [0.2, 0.25) is 0 Å². The summed E-state index contributed by atoms with van der Waals surface area (Å²) >= 11 is 12.4. The fourth-order valence-electron chi connectivity index (χ4n) is 4.74. The predicted molar refractivity (Wildman–Crippen MR) is 153 cm³/mol. The number of carbonyl (C=O) groups is 1. The number of hydrogen-bond donors (Lipinski definition) is 2. The first-order valence-corrected chi connectivity index (χ1v) is 13.7. The summed E-state index contributed by atoms with van der Waals surface area (Å²) in [5.41, 5.74) is 5.55. The van der Waals surface area contributed by atoms with Crippen molar-refractivity contribution in [1.82, 2.24) is 15.5 Å². The summed E-state index contributed by atoms with van der Waals surface area (Å²) in [5.74, 6) is 1.87. The van der Waals surface area contributed by atoms with Crippen LogP contribution in [-0.2, 0) is 11.2 Å². The lowest BCUT2D eigenvalue weighted by Gasteiger charge is -2.26. The molecule has 0 saturated carbocycles. The van der Waals surface area contributed by atoms with Crippen LogP contribution in [0, 0.1) is 11.8 Å². The Balaban J connectivity index is 0.000000469. The number of benzene rings is 2. The SMILES string of the molecule is C/C=C(/C(=O)C1COc2ccc(Cl)cc2C1)c1ccc(-c2cn[nH]c2Cl)cc1C(C)C.CCC1CNC1. The molecular formula is C30H35Cl2N3O2. The van der Waals surface area contributed by atoms with E-state index in [1.807, 2.05) is 43.3 Å². The zero-order valence-corrected chi connectivity index (χ0v) is 23.4. The van der Waals surface area contributed by atoms with E-state index < -0.39 is 0 Å². The molecule has 37 heavy (non-hydrogen) atoms. The molecule has 1 saturated heterocycles. The van der Waals surface area contributed by atoms with Gasteiger partial charge in [0, 0.05) is 16.2 Å². The summed E-state index contributed by atoms with van der Waals surface area (Å²) in [6.45, 7) is 11.3. The first-order valence-electron chi connectivity index (χ1n) is 13.0. The fraction of sp³-hybridized carbons (Fsp3) is 0.400. The largest absolute Gasteiger partial charge is 0.493 e. The average Bonchev–Trinajstić information content (AvgIpc) is 3.29. The van der Waals surface area contributed by atoms with E-state index in [-0.39, 0.29) is 17.6 Å². The number of allylic oxidation sites excluding steroid dienone is 2. The van der Waals surface area contributed by atoms with Crippen LogP contribution in [0.3, 0.4) is 0 Å². The summed E-state index contributed by atoms with van der Waals surface area (Å²) in [6.07, 6.45) is 5.59. The van der Waals surface area contributed by atoms with E-state index >= 15 is 0 Å². The number of ketones is 1. The van der Waals surface area contributed by atoms with Crippen LogP contribution in [0.4, 0.5) is 0 Å². The third kappa shape index (κ3) is 6.28. The molecule has 5 nitrogen and oxygen atoms in total. The molecule has 1 unspecified atom stereocenters. The van der Waals surface area contributed by atoms with Gasteiger partial charge in [-0.15, -0.1) is 0 Å². The van der Waals surface area contributed by atoms with E-state index in [0.29, 0.717) is 28.8 Å². The topological polar surface area (TPSA) is 67.0 Å². The number of hydrogen-bond acceptors (Lipinski definition) is 4. The lowest BCUT2D eigenvalue weighted by molar-refractivity contribution is -0.118. The molecule has 3 heterocycles. The van der Waals surface area contributed by atoms with Crippen LogP contribution in [0.5, 0.6) is 5.75 Å². The average molecular weight is 541 g/mol. The number of nitrogens with zero attached hydrogens (tertiary/aromatic N) is 1. The van der Waals surface area contributed by atoms with Gasteiger partial charge in [-0.25, -0.2) is 0 Å². The number of rotatable bonds is 6. The highest BCUT2D eigenvalue weighted by atomic mass is 35.5. The zero-order valence-electron chi connectivity index (χ0n) is 21.9. The second-order valence-corrected chi connectivity index (χ2v) is 10.8. The van der Waals surface area contributed by atoms with Crippen LogP contribution < -0.4 is 10.1 Å². The monoisotopic (exact) mass is 539 g/mol. The van der Waals surface area contributed by atoms with E-state index in [1.165, 1.54) is 19.5 Å². The van der Waals surface area contributed by atoms with E-state index in [4.69, 9.17) is 27.9 Å². The Hall–Kier alpha value is -2.60. The van der Waals surface area contributed by atoms with Crippen LogP contribution in [0.15, 0.2) is 48.7 Å². The maximum atomic E-state index is 13.5. The summed E-state index contributed by atoms with van der Waals surface area (Å²) in [7, 11) is 0. The van der Waals surface area contributed by atoms with Crippen molar-refractivity contribution in [3.05, 3.63) is 75.5 Å². The van der Waals surface area contributed by atoms with Gasteiger partial charge in [0.15, 0.2) is 5.78 Å². The number of aromatic amines is 1. The normalized spacial score (nSPS) is 17.4. The van der Waals surface area contributed by atoms with Crippen molar-refractivity contribution in [2.24, 2.45) is 11.8 Å². The summed E-state index contributed by atoms with van der Waals surface area (Å²) in [4.78, 5) is 13.5. The summed E-state index contributed by atoms with van der Waals surface area (Å²) < 4.78 is 5.87. The second kappa shape index (κ2) is 12.3. The van der Waals surface area contributed by atoms with Gasteiger partial charge in [-0.05, 0) is 78.7 Å². The number of ether oxygens (including phenoxy) is 1. The van der Waals surface area contributed by atoms with Crippen LogP contribution in [-0.4, -0.2) is 35.7 Å². The summed E-state index contributed by atoms with van der Waals surface area (Å²) in [6, 6.07) is 11.7. The van der Waals surface area contributed by atoms with Gasteiger partial charge in [0.25, 0.3) is 0 Å². The van der Waals surface area contributed by atoms with Gasteiger partial charge in [-0.2, -0.15) is 5.10 Å². The summed E-state index contributed by atoms with van der Waals surface area (Å²) in [5, 5.41) is 11.1. The lowest BCUT2D eigenvalue weighted by atomic mass is 9.83. The van der Waals surface area contributed by atoms with Crippen LogP contribution in [0.25, 0.3) is 16.7 Å². The third-order valence-electron chi connectivity index (χ3n) is 7.16. The highest BCUT2D eigenvalue weighted by molar-refractivity contribution is 6.32. The Morgan fingerprint density at radius 3 is 2.54 bits per heavy atom. The molecule has 0 radical (unpaired) electrons. The van der Waals surface area contributed by atoms with Gasteiger partial charge in [0.1, 0.15) is 10.9 Å². The molecule has 2 aliphatic heterocycles. The molecule has 1 fully saturated rings. The fourth-order valence-corrected chi connectivity index (χ4v) is 5.15. The standard InChI is InChI=1S/C25H24Cl2N2O2.C5H11N/c1-4-19(24(30)17-9-16-10-18(26)6-8-23(16)31-13-17)20-7-5-15(11-21(20)14(2)3)22-12-28-29-25(22)27;1-2-5-3-6-4-5/h4-8,10-12,14,17H,9,13H2,1-3H3,(H,28,29);5-6H,2-4H2,1H3/b19-4+;. The molecule has 0 aliphatic carbocycles. The van der Waals surface area contributed by atoms with Crippen LogP contribution in [0.2, 0.25) is 10.2 Å². The molecule has 5 rings (SSSR count). The highest BCUT2D eigenvalue weighted by Gasteiger charge is 2.30. The van der Waals surface area contributed by atoms with Crippen molar-refractivity contribution in [2.45, 2.75) is 46.5 Å². The molecule has 0 spiro atoms. The molecule has 2 aliphatic rings. The zero-order chi connectivity index (χ0) is 26.5. The minimum absolute atomic E-state index is 0.0871. The third-order valence-corrected chi connectivity index (χ3v) is 7.69. The van der Waals surface area contributed by atoms with Gasteiger partial charge < -0.3 is 10.1 Å². The maximum Gasteiger partial charge on any atom is 0.169 e. The Morgan fingerprint density at radius 1 is 1.19 bits per heavy atom. The molecule has 1 aromatic heterocycles. The molecule has 0 bridgehead atoms. The molecule has 196 valence electrons. The molecule has 7 heteroatoms. The predicted octanol–water partition coefficient (Wildman–Crippen LogP) is 7.35. The highest BCUT2D eigenvalue weighted by Crippen LogP contribution is 2.36. The van der Waals surface area contributed by atoms with Crippen molar-refractivity contribution in [2.75, 3.05) is 19.7 Å². The molecule has 0 amide bonds. The van der Waals surface area contributed by atoms with Gasteiger partial charge >= 0.3 is 0 Å². The molecule has 1 atom stereocenters. The van der Waals surface area contributed by atoms with E-state index in [2.05, 4.69) is 42.4 Å². The number of nitrogens with one attached hydrogen (secondary N) is 2. The van der Waals surface area contributed by atoms with Gasteiger partial charge in [0.05, 0.1) is 18.7 Å². The molecule has 2 aromatic carbocycles. The maximum absolute atomic E-state index is 13.5. The van der Waals surface area contributed by atoms with Crippen molar-refractivity contribution in [1.29, 1.82) is 0 Å². The quantitative estimate of drug-likeness (QED) is 0.321. The first-order chi connectivity index (χ1) is 17.8. The van der Waals surface area contributed by atoms with Crippen molar-refractivity contribution in [3.8, 4) is 16.9 Å². The lowest BCUT2D eigenvalue weighted by Crippen LogP contribution is -2.41. The molecule has 2 N–H and O–H groups in total. The van der Waals surface area contributed by atoms with Crippen LogP contribution in [0.1, 0.15) is 56.7 Å². The van der Waals surface area contributed by atoms with Crippen LogP contribution >= 0.6 is 23.2 Å². The van der Waals surface area contributed by atoms with E-state index in [0.717, 1.165) is 39.5 Å². The number of Topliss-reactive ketones (excluding diaryl/α,β-unsaturated/α-hetero) is 1. The minimum Gasteiger partial charge on any atom is -0.493 e. The Bertz CT molecular complexity index is 1270. The van der Waals surface area contributed by atoms with Crippen molar-refractivity contribution < 1.29 is 9.53 Å². The Labute approximate surface area is 229 Å². The Morgan fingerprint density at radius 2 is 1.97 bits per heavy atom. The Kier molecular flexibility index (Phi) is 9.12. The number of aromatic nitrogens is 2. The number of fused-ring (bicyclic) bond motifs is 1. The van der Waals surface area contributed by atoms with Crippen molar-refractivity contribution in [3.63, 3.8) is 0 Å². The van der Waals surface area contributed by atoms with Crippen molar-refractivity contribution >= 4 is 34.6 Å². The number of H-pyrrole nitrogens is 1. The number of halogens is 2. The second-order valence-electron chi connectivity index (χ2n) is 10.0. The van der Waals surface area contributed by atoms with E-state index in [1.54, 1.807) is 6.20 Å². The molecule has 3 aromatic rings. The number of carbonyl (C=O) groups excluding carboxylic acids is 1.